The number of nitrogens with one attached hydrogen (secondary N) is 2. The van der Waals surface area contributed by atoms with Crippen molar-refractivity contribution in [2.24, 2.45) is 0 Å². The van der Waals surface area contributed by atoms with E-state index in [9.17, 15) is 0 Å². The molecule has 2 heterocycles. The van der Waals surface area contributed by atoms with E-state index in [0.29, 0.717) is 6.79 Å². The molecule has 0 aromatic heterocycles. The lowest BCUT2D eigenvalue weighted by Gasteiger charge is -2.01. The standard InChI is InChI=1S/C12H14N2O2/c1-2-12(13-5-1)14-7-9-3-4-10-11(6-9)16-8-15-10/h3-4,6H,1-2,5,7-8H2,(H,13,14)/p+1. The average molecular weight is 219 g/mol. The summed E-state index contributed by atoms with van der Waals surface area (Å²) in [7, 11) is 0. The fourth-order valence-electron chi connectivity index (χ4n) is 2.00. The molecule has 0 unspecified atom stereocenters. The second-order valence-electron chi connectivity index (χ2n) is 4.05. The van der Waals surface area contributed by atoms with E-state index < -0.39 is 0 Å². The molecule has 2 aliphatic heterocycles. The monoisotopic (exact) mass is 219 g/mol. The SMILES string of the molecule is c1cc2c(cc1CNC1=[NH+]CCC1)OCO2. The molecule has 0 atom stereocenters. The van der Waals surface area contributed by atoms with E-state index in [1.807, 2.05) is 12.1 Å². The molecule has 2 aliphatic rings. The Morgan fingerprint density at radius 1 is 1.25 bits per heavy atom. The quantitative estimate of drug-likeness (QED) is 0.722. The minimum absolute atomic E-state index is 0.338. The van der Waals surface area contributed by atoms with Gasteiger partial charge < -0.3 is 9.47 Å². The maximum atomic E-state index is 5.34. The zero-order valence-corrected chi connectivity index (χ0v) is 9.08. The second-order valence-corrected chi connectivity index (χ2v) is 4.05. The van der Waals surface area contributed by atoms with Crippen LogP contribution in [-0.4, -0.2) is 19.2 Å². The lowest BCUT2D eigenvalue weighted by atomic mass is 10.2. The van der Waals surface area contributed by atoms with Crippen LogP contribution in [0.3, 0.4) is 0 Å². The molecule has 0 radical (unpaired) electrons. The first kappa shape index (κ1) is 9.51. The molecular weight excluding hydrogens is 204 g/mol. The first-order chi connectivity index (χ1) is 7.92. The van der Waals surface area contributed by atoms with Crippen molar-refractivity contribution >= 4 is 5.84 Å². The van der Waals surface area contributed by atoms with Gasteiger partial charge in [0.15, 0.2) is 11.5 Å². The van der Waals surface area contributed by atoms with Crippen LogP contribution in [0.25, 0.3) is 0 Å². The van der Waals surface area contributed by atoms with Crippen molar-refractivity contribution in [2.75, 3.05) is 13.3 Å². The fraction of sp³-hybridized carbons (Fsp3) is 0.417. The van der Waals surface area contributed by atoms with Crippen LogP contribution in [0.5, 0.6) is 11.5 Å². The zero-order chi connectivity index (χ0) is 10.8. The van der Waals surface area contributed by atoms with Gasteiger partial charge in [0, 0.05) is 0 Å². The van der Waals surface area contributed by atoms with Crippen molar-refractivity contribution in [2.45, 2.75) is 19.4 Å². The van der Waals surface area contributed by atoms with Gasteiger partial charge in [-0.05, 0) is 24.1 Å². The molecular formula is C12H15N2O2+. The summed E-state index contributed by atoms with van der Waals surface area (Å²) in [5.74, 6) is 2.94. The van der Waals surface area contributed by atoms with E-state index in [1.54, 1.807) is 0 Å². The largest absolute Gasteiger partial charge is 0.454 e. The Labute approximate surface area is 94.3 Å². The number of amidine groups is 1. The maximum absolute atomic E-state index is 5.34. The van der Waals surface area contributed by atoms with E-state index >= 15 is 0 Å². The van der Waals surface area contributed by atoms with Crippen LogP contribution in [0.1, 0.15) is 18.4 Å². The molecule has 2 N–H and O–H groups in total. The summed E-state index contributed by atoms with van der Waals surface area (Å²) in [6.07, 6.45) is 2.36. The Morgan fingerprint density at radius 2 is 2.19 bits per heavy atom. The van der Waals surface area contributed by atoms with Gasteiger partial charge in [-0.3, -0.25) is 10.3 Å². The third kappa shape index (κ3) is 1.83. The van der Waals surface area contributed by atoms with Crippen molar-refractivity contribution in [3.63, 3.8) is 0 Å². The first-order valence-corrected chi connectivity index (χ1v) is 5.64. The van der Waals surface area contributed by atoms with Crippen molar-refractivity contribution < 1.29 is 14.5 Å². The van der Waals surface area contributed by atoms with Crippen molar-refractivity contribution in [1.29, 1.82) is 0 Å². The summed E-state index contributed by atoms with van der Waals surface area (Å²) in [5.41, 5.74) is 1.21. The highest BCUT2D eigenvalue weighted by Crippen LogP contribution is 2.32. The number of fused-ring (bicyclic) bond motifs is 1. The summed E-state index contributed by atoms with van der Waals surface area (Å²) >= 11 is 0. The van der Waals surface area contributed by atoms with Crippen LogP contribution in [0.2, 0.25) is 0 Å². The Balaban J connectivity index is 1.66. The van der Waals surface area contributed by atoms with Crippen LogP contribution in [-0.2, 0) is 6.54 Å². The Kier molecular flexibility index (Phi) is 2.40. The van der Waals surface area contributed by atoms with Gasteiger partial charge in [-0.2, -0.15) is 0 Å². The van der Waals surface area contributed by atoms with Gasteiger partial charge >= 0.3 is 0 Å². The molecule has 4 nitrogen and oxygen atoms in total. The average Bonchev–Trinajstić information content (AvgIpc) is 2.97. The summed E-state index contributed by atoms with van der Waals surface area (Å²) < 4.78 is 10.6. The lowest BCUT2D eigenvalue weighted by molar-refractivity contribution is -0.449. The van der Waals surface area contributed by atoms with Crippen LogP contribution in [0.4, 0.5) is 0 Å². The van der Waals surface area contributed by atoms with E-state index in [2.05, 4.69) is 16.4 Å². The lowest BCUT2D eigenvalue weighted by Crippen LogP contribution is -2.72. The van der Waals surface area contributed by atoms with Crippen molar-refractivity contribution in [3.8, 4) is 11.5 Å². The van der Waals surface area contributed by atoms with E-state index in [1.165, 1.54) is 17.8 Å². The minimum atomic E-state index is 0.338. The summed E-state index contributed by atoms with van der Waals surface area (Å²) in [5, 5.41) is 3.40. The third-order valence-electron chi connectivity index (χ3n) is 2.88. The number of benzene rings is 1. The Morgan fingerprint density at radius 3 is 3.06 bits per heavy atom. The predicted molar refractivity (Wildman–Crippen MR) is 59.5 cm³/mol. The van der Waals surface area contributed by atoms with Gasteiger partial charge in [0.1, 0.15) is 6.54 Å². The molecule has 0 amide bonds. The maximum Gasteiger partial charge on any atom is 0.242 e. The first-order valence-electron chi connectivity index (χ1n) is 5.64. The molecule has 0 aliphatic carbocycles. The van der Waals surface area contributed by atoms with Gasteiger partial charge in [-0.25, -0.2) is 0 Å². The summed E-state index contributed by atoms with van der Waals surface area (Å²) in [4.78, 5) is 3.33. The van der Waals surface area contributed by atoms with Gasteiger partial charge in [-0.15, -0.1) is 0 Å². The molecule has 1 aromatic carbocycles. The fourth-order valence-corrected chi connectivity index (χ4v) is 2.00. The van der Waals surface area contributed by atoms with Crippen molar-refractivity contribution in [3.05, 3.63) is 23.8 Å². The van der Waals surface area contributed by atoms with Gasteiger partial charge in [0.25, 0.3) is 0 Å². The Bertz CT molecular complexity index is 429. The molecule has 0 fully saturated rings. The summed E-state index contributed by atoms with van der Waals surface area (Å²) in [6, 6.07) is 6.06. The van der Waals surface area contributed by atoms with Crippen LogP contribution < -0.4 is 19.8 Å². The van der Waals surface area contributed by atoms with Gasteiger partial charge in [0.2, 0.25) is 12.6 Å². The number of ether oxygens (including phenoxy) is 2. The molecule has 0 bridgehead atoms. The topological polar surface area (TPSA) is 44.5 Å². The normalized spacial score (nSPS) is 17.4. The summed E-state index contributed by atoms with van der Waals surface area (Å²) in [6.45, 7) is 2.26. The molecule has 4 heteroatoms. The van der Waals surface area contributed by atoms with Crippen molar-refractivity contribution in [1.82, 2.24) is 5.32 Å². The minimum Gasteiger partial charge on any atom is -0.454 e. The zero-order valence-electron chi connectivity index (χ0n) is 9.08. The molecule has 0 saturated heterocycles. The highest BCUT2D eigenvalue weighted by molar-refractivity contribution is 5.77. The van der Waals surface area contributed by atoms with E-state index in [4.69, 9.17) is 9.47 Å². The second kappa shape index (κ2) is 4.04. The number of hydrogen-bond acceptors (Lipinski definition) is 3. The molecule has 3 rings (SSSR count). The highest BCUT2D eigenvalue weighted by atomic mass is 16.7. The predicted octanol–water partition coefficient (Wildman–Crippen LogP) is -0.222. The molecule has 84 valence electrons. The molecule has 0 saturated carbocycles. The smallest absolute Gasteiger partial charge is 0.242 e. The Hall–Kier alpha value is -1.71. The number of rotatable bonds is 2. The van der Waals surface area contributed by atoms with E-state index in [-0.39, 0.29) is 0 Å². The van der Waals surface area contributed by atoms with Crippen LogP contribution >= 0.6 is 0 Å². The number of hydrogen-bond donors (Lipinski definition) is 2. The third-order valence-corrected chi connectivity index (χ3v) is 2.88. The van der Waals surface area contributed by atoms with Crippen LogP contribution in [0, 0.1) is 0 Å². The van der Waals surface area contributed by atoms with Gasteiger partial charge in [0.05, 0.1) is 13.0 Å². The molecule has 0 spiro atoms. The molecule has 1 aromatic rings. The van der Waals surface area contributed by atoms with E-state index in [0.717, 1.165) is 31.0 Å². The molecule has 16 heavy (non-hydrogen) atoms. The van der Waals surface area contributed by atoms with Crippen LogP contribution in [0.15, 0.2) is 18.2 Å². The van der Waals surface area contributed by atoms with Gasteiger partial charge in [-0.1, -0.05) is 6.07 Å². The highest BCUT2D eigenvalue weighted by Gasteiger charge is 2.15.